The minimum atomic E-state index is -0.448. The molecule has 3 amide bonds. The van der Waals surface area contributed by atoms with Crippen LogP contribution in [0.3, 0.4) is 0 Å². The number of rotatable bonds is 2. The minimum absolute atomic E-state index is 0.0588. The van der Waals surface area contributed by atoms with E-state index < -0.39 is 5.82 Å². The molecule has 3 aliphatic heterocycles. The van der Waals surface area contributed by atoms with Crippen molar-refractivity contribution >= 4 is 29.2 Å². The molecule has 0 aromatic heterocycles. The topological polar surface area (TPSA) is 43.9 Å². The first-order valence-corrected chi connectivity index (χ1v) is 8.28. The summed E-state index contributed by atoms with van der Waals surface area (Å²) in [5.74, 6) is -0.506. The number of imide groups is 1. The number of hydrogen-bond donors (Lipinski definition) is 0. The highest BCUT2D eigenvalue weighted by molar-refractivity contribution is 6.31. The number of halogens is 2. The summed E-state index contributed by atoms with van der Waals surface area (Å²) in [7, 11) is 0. The lowest BCUT2D eigenvalue weighted by molar-refractivity contribution is -0.129. The van der Waals surface area contributed by atoms with E-state index in [-0.39, 0.29) is 29.0 Å². The molecule has 0 radical (unpaired) electrons. The van der Waals surface area contributed by atoms with Gasteiger partial charge in [0.1, 0.15) is 11.9 Å². The first-order chi connectivity index (χ1) is 11.1. The third kappa shape index (κ3) is 2.27. The lowest BCUT2D eigenvalue weighted by atomic mass is 10.2. The van der Waals surface area contributed by atoms with Crippen molar-refractivity contribution in [2.24, 2.45) is 0 Å². The van der Waals surface area contributed by atoms with Crippen LogP contribution in [0.5, 0.6) is 0 Å². The van der Waals surface area contributed by atoms with Crippen LogP contribution in [0.4, 0.5) is 14.9 Å². The van der Waals surface area contributed by atoms with Crippen molar-refractivity contribution in [2.75, 3.05) is 24.5 Å². The van der Waals surface area contributed by atoms with Gasteiger partial charge in [-0.3, -0.25) is 9.69 Å². The summed E-state index contributed by atoms with van der Waals surface area (Å²) in [6.45, 7) is 1.96. The Kier molecular flexibility index (Phi) is 3.44. The molecule has 3 saturated heterocycles. The van der Waals surface area contributed by atoms with Crippen LogP contribution in [0.15, 0.2) is 18.2 Å². The number of benzene rings is 1. The first-order valence-electron chi connectivity index (χ1n) is 7.90. The molecule has 2 atom stereocenters. The molecular formula is C16H17ClFN3O2. The second-order valence-corrected chi connectivity index (χ2v) is 6.74. The van der Waals surface area contributed by atoms with Crippen molar-refractivity contribution in [3.05, 3.63) is 29.0 Å². The Bertz CT molecular complexity index is 661. The first kappa shape index (κ1) is 14.8. The highest BCUT2D eigenvalue weighted by Crippen LogP contribution is 2.33. The summed E-state index contributed by atoms with van der Waals surface area (Å²) >= 11 is 5.84. The second-order valence-electron chi connectivity index (χ2n) is 6.33. The van der Waals surface area contributed by atoms with Gasteiger partial charge in [0.05, 0.1) is 11.1 Å². The molecule has 5 nitrogen and oxygen atoms in total. The molecule has 1 aromatic rings. The maximum Gasteiger partial charge on any atom is 0.327 e. The van der Waals surface area contributed by atoms with Crippen molar-refractivity contribution in [3.63, 3.8) is 0 Å². The van der Waals surface area contributed by atoms with Gasteiger partial charge in [0.2, 0.25) is 0 Å². The SMILES string of the molecule is O=C1C2CCCN2C(=O)N1C1CCN(c2ccc(F)c(Cl)c2)C1. The molecule has 0 spiro atoms. The van der Waals surface area contributed by atoms with Gasteiger partial charge in [0.15, 0.2) is 0 Å². The van der Waals surface area contributed by atoms with Crippen LogP contribution >= 0.6 is 11.6 Å². The summed E-state index contributed by atoms with van der Waals surface area (Å²) in [5.41, 5.74) is 0.818. The zero-order valence-corrected chi connectivity index (χ0v) is 13.3. The summed E-state index contributed by atoms with van der Waals surface area (Å²) < 4.78 is 13.3. The minimum Gasteiger partial charge on any atom is -0.369 e. The van der Waals surface area contributed by atoms with E-state index in [4.69, 9.17) is 11.6 Å². The molecule has 0 saturated carbocycles. The molecule has 0 bridgehead atoms. The fourth-order valence-corrected chi connectivity index (χ4v) is 4.03. The standard InChI is InChI=1S/C16H17ClFN3O2/c17-12-8-10(3-4-13(12)18)19-7-5-11(9-19)21-15(22)14-2-1-6-20(14)16(21)23/h3-4,8,11,14H,1-2,5-7,9H2. The maximum atomic E-state index is 13.3. The molecule has 3 fully saturated rings. The monoisotopic (exact) mass is 337 g/mol. The summed E-state index contributed by atoms with van der Waals surface area (Å²) in [5, 5.41) is 0.0833. The average Bonchev–Trinajstić information content (AvgIpc) is 3.22. The van der Waals surface area contributed by atoms with E-state index in [1.807, 2.05) is 4.90 Å². The number of hydrogen-bond acceptors (Lipinski definition) is 3. The zero-order chi connectivity index (χ0) is 16.1. The van der Waals surface area contributed by atoms with Gasteiger partial charge >= 0.3 is 6.03 Å². The van der Waals surface area contributed by atoms with Crippen molar-refractivity contribution < 1.29 is 14.0 Å². The Labute approximate surface area is 138 Å². The lowest BCUT2D eigenvalue weighted by Gasteiger charge is -2.24. The number of urea groups is 1. The van der Waals surface area contributed by atoms with Crippen LogP contribution in [0, 0.1) is 5.82 Å². The normalized spacial score (nSPS) is 27.3. The van der Waals surface area contributed by atoms with Crippen LogP contribution in [-0.4, -0.2) is 53.5 Å². The Morgan fingerprint density at radius 3 is 2.74 bits per heavy atom. The van der Waals surface area contributed by atoms with Crippen molar-refractivity contribution in [3.8, 4) is 0 Å². The zero-order valence-electron chi connectivity index (χ0n) is 12.5. The number of amides is 3. The Balaban J connectivity index is 1.51. The number of anilines is 1. The molecule has 3 aliphatic rings. The molecule has 0 N–H and O–H groups in total. The van der Waals surface area contributed by atoms with Gasteiger partial charge in [-0.25, -0.2) is 9.18 Å². The van der Waals surface area contributed by atoms with Gasteiger partial charge in [0.25, 0.3) is 5.91 Å². The van der Waals surface area contributed by atoms with Crippen LogP contribution in [0.2, 0.25) is 5.02 Å². The van der Waals surface area contributed by atoms with Gasteiger partial charge < -0.3 is 9.80 Å². The maximum absolute atomic E-state index is 13.3. The summed E-state index contributed by atoms with van der Waals surface area (Å²) in [6.07, 6.45) is 2.40. The number of carbonyl (C=O) groups excluding carboxylic acids is 2. The van der Waals surface area contributed by atoms with E-state index in [0.29, 0.717) is 19.6 Å². The molecule has 1 aromatic carbocycles. The Hall–Kier alpha value is -1.82. The van der Waals surface area contributed by atoms with Crippen LogP contribution in [0.25, 0.3) is 0 Å². The van der Waals surface area contributed by atoms with Crippen molar-refractivity contribution in [2.45, 2.75) is 31.3 Å². The Morgan fingerprint density at radius 2 is 2.00 bits per heavy atom. The molecule has 7 heteroatoms. The predicted octanol–water partition coefficient (Wildman–Crippen LogP) is 2.48. The second kappa shape index (κ2) is 5.37. The third-order valence-electron chi connectivity index (χ3n) is 5.02. The molecule has 0 aliphatic carbocycles. The van der Waals surface area contributed by atoms with Gasteiger partial charge in [-0.2, -0.15) is 0 Å². The molecule has 2 unspecified atom stereocenters. The molecule has 23 heavy (non-hydrogen) atoms. The lowest BCUT2D eigenvalue weighted by Crippen LogP contribution is -2.43. The molecule has 4 rings (SSSR count). The van der Waals surface area contributed by atoms with E-state index in [9.17, 15) is 14.0 Å². The predicted molar refractivity (Wildman–Crippen MR) is 84.0 cm³/mol. The number of nitrogens with zero attached hydrogens (tertiary/aromatic N) is 3. The van der Waals surface area contributed by atoms with E-state index in [1.165, 1.54) is 11.0 Å². The largest absolute Gasteiger partial charge is 0.369 e. The van der Waals surface area contributed by atoms with Crippen molar-refractivity contribution in [1.82, 2.24) is 9.80 Å². The molecule has 122 valence electrons. The smallest absolute Gasteiger partial charge is 0.327 e. The van der Waals surface area contributed by atoms with E-state index in [0.717, 1.165) is 24.9 Å². The van der Waals surface area contributed by atoms with Crippen molar-refractivity contribution in [1.29, 1.82) is 0 Å². The highest BCUT2D eigenvalue weighted by Gasteiger charge is 2.50. The third-order valence-corrected chi connectivity index (χ3v) is 5.31. The molecular weight excluding hydrogens is 321 g/mol. The van der Waals surface area contributed by atoms with E-state index in [2.05, 4.69) is 0 Å². The number of carbonyl (C=O) groups is 2. The van der Waals surface area contributed by atoms with Gasteiger partial charge in [-0.15, -0.1) is 0 Å². The fourth-order valence-electron chi connectivity index (χ4n) is 3.85. The molecule has 3 heterocycles. The van der Waals surface area contributed by atoms with Gasteiger partial charge in [-0.1, -0.05) is 11.6 Å². The van der Waals surface area contributed by atoms with Gasteiger partial charge in [-0.05, 0) is 37.5 Å². The van der Waals surface area contributed by atoms with Crippen LogP contribution < -0.4 is 4.90 Å². The Morgan fingerprint density at radius 1 is 1.17 bits per heavy atom. The van der Waals surface area contributed by atoms with E-state index in [1.54, 1.807) is 17.0 Å². The summed E-state index contributed by atoms with van der Waals surface area (Å²) in [4.78, 5) is 30.1. The van der Waals surface area contributed by atoms with Gasteiger partial charge in [0, 0.05) is 25.3 Å². The number of fused-ring (bicyclic) bond motifs is 1. The quantitative estimate of drug-likeness (QED) is 0.779. The fraction of sp³-hybridized carbons (Fsp3) is 0.500. The average molecular weight is 338 g/mol. The van der Waals surface area contributed by atoms with Crippen LogP contribution in [0.1, 0.15) is 19.3 Å². The summed E-state index contributed by atoms with van der Waals surface area (Å²) in [6, 6.07) is 4.08. The highest BCUT2D eigenvalue weighted by atomic mass is 35.5. The van der Waals surface area contributed by atoms with Crippen LogP contribution in [-0.2, 0) is 4.79 Å². The van der Waals surface area contributed by atoms with E-state index >= 15 is 0 Å².